The van der Waals surface area contributed by atoms with Crippen molar-refractivity contribution in [2.24, 2.45) is 7.05 Å². The van der Waals surface area contributed by atoms with Crippen LogP contribution in [0.5, 0.6) is 0 Å². The summed E-state index contributed by atoms with van der Waals surface area (Å²) >= 11 is 1.08. The second kappa shape index (κ2) is 7.31. The Hall–Kier alpha value is -2.41. The summed E-state index contributed by atoms with van der Waals surface area (Å²) in [5.41, 5.74) is 0. The van der Waals surface area contributed by atoms with E-state index in [0.29, 0.717) is 15.7 Å². The maximum Gasteiger partial charge on any atom is 0.314 e. The number of rotatable bonds is 7. The first-order valence-corrected chi connectivity index (χ1v) is 10.2. The number of nitrogens with zero attached hydrogens (tertiary/aromatic N) is 6. The molecule has 0 aliphatic heterocycles. The number of thiazole rings is 1. The number of imidazole rings is 1. The number of hydrogen-bond acceptors (Lipinski definition) is 8. The van der Waals surface area contributed by atoms with Gasteiger partial charge in [0.1, 0.15) is 15.7 Å². The van der Waals surface area contributed by atoms with E-state index in [2.05, 4.69) is 20.2 Å². The van der Waals surface area contributed by atoms with E-state index in [9.17, 15) is 17.2 Å². The predicted octanol–water partition coefficient (Wildman–Crippen LogP) is 2.53. The quantitative estimate of drug-likeness (QED) is 0.580. The van der Waals surface area contributed by atoms with Crippen LogP contribution in [0.1, 0.15) is 30.1 Å². The molecule has 3 rings (SSSR count). The maximum absolute atomic E-state index is 12.6. The lowest BCUT2D eigenvalue weighted by atomic mass is 10.5. The van der Waals surface area contributed by atoms with Crippen molar-refractivity contribution in [2.45, 2.75) is 26.8 Å². The molecule has 0 fully saturated rings. The van der Waals surface area contributed by atoms with Gasteiger partial charge in [-0.1, -0.05) is 0 Å². The molecule has 0 bridgehead atoms. The van der Waals surface area contributed by atoms with Crippen LogP contribution < -0.4 is 4.31 Å². The zero-order valence-electron chi connectivity index (χ0n) is 14.6. The standard InChI is InChI=1S/C14H16F2N6O3S2/c1-4-27(23,24)22(10-6-21(3)8(2)18-10)7-11-17-5-9(26-11)13-19-20-14(25-13)12(15)16/h5-6,12H,4,7H2,1-3H3. The number of sulfonamides is 1. The van der Waals surface area contributed by atoms with Crippen molar-refractivity contribution in [3.63, 3.8) is 0 Å². The van der Waals surface area contributed by atoms with Crippen LogP contribution in [0.3, 0.4) is 0 Å². The van der Waals surface area contributed by atoms with Gasteiger partial charge in [0, 0.05) is 13.2 Å². The summed E-state index contributed by atoms with van der Waals surface area (Å²) in [7, 11) is -1.84. The Morgan fingerprint density at radius 2 is 2.11 bits per heavy atom. The zero-order valence-corrected chi connectivity index (χ0v) is 16.3. The monoisotopic (exact) mass is 418 g/mol. The van der Waals surface area contributed by atoms with Crippen LogP contribution >= 0.6 is 11.3 Å². The highest BCUT2D eigenvalue weighted by molar-refractivity contribution is 7.92. The third-order valence-corrected chi connectivity index (χ3v) is 6.41. The van der Waals surface area contributed by atoms with Crippen LogP contribution in [0.15, 0.2) is 16.8 Å². The summed E-state index contributed by atoms with van der Waals surface area (Å²) in [5.74, 6) is -0.0351. The fourth-order valence-electron chi connectivity index (χ4n) is 2.17. The highest BCUT2D eigenvalue weighted by Crippen LogP contribution is 2.29. The predicted molar refractivity (Wildman–Crippen MR) is 94.0 cm³/mol. The molecule has 0 amide bonds. The molecule has 3 heterocycles. The van der Waals surface area contributed by atoms with Crippen molar-refractivity contribution in [3.8, 4) is 10.8 Å². The number of aryl methyl sites for hydroxylation is 2. The Balaban J connectivity index is 1.89. The van der Waals surface area contributed by atoms with Crippen LogP contribution in [0.2, 0.25) is 0 Å². The van der Waals surface area contributed by atoms with Gasteiger partial charge >= 0.3 is 6.43 Å². The van der Waals surface area contributed by atoms with Crippen LogP contribution in [-0.4, -0.2) is 38.9 Å². The molecule has 0 atom stereocenters. The van der Waals surface area contributed by atoms with Gasteiger partial charge in [0.2, 0.25) is 10.0 Å². The van der Waals surface area contributed by atoms with Crippen LogP contribution in [0.25, 0.3) is 10.8 Å². The normalized spacial score (nSPS) is 12.1. The van der Waals surface area contributed by atoms with Gasteiger partial charge in [-0.25, -0.2) is 22.7 Å². The first-order chi connectivity index (χ1) is 12.7. The highest BCUT2D eigenvalue weighted by atomic mass is 32.2. The van der Waals surface area contributed by atoms with Crippen LogP contribution in [0.4, 0.5) is 14.6 Å². The molecule has 0 saturated carbocycles. The molecule has 0 aliphatic rings. The molecular formula is C14H16F2N6O3S2. The molecule has 0 aliphatic carbocycles. The fraction of sp³-hybridized carbons (Fsp3) is 0.429. The molecular weight excluding hydrogens is 402 g/mol. The minimum atomic E-state index is -3.60. The van der Waals surface area contributed by atoms with Crippen LogP contribution in [-0.2, 0) is 23.6 Å². The van der Waals surface area contributed by atoms with E-state index in [0.717, 1.165) is 11.3 Å². The summed E-state index contributed by atoms with van der Waals surface area (Å²) in [6, 6.07) is 0. The Bertz CT molecular complexity index is 1020. The zero-order chi connectivity index (χ0) is 19.8. The number of anilines is 1. The third kappa shape index (κ3) is 3.98. The molecule has 13 heteroatoms. The Morgan fingerprint density at radius 3 is 2.67 bits per heavy atom. The number of alkyl halides is 2. The molecule has 0 aromatic carbocycles. The van der Waals surface area contributed by atoms with Crippen molar-refractivity contribution in [3.05, 3.63) is 29.1 Å². The molecule has 0 unspecified atom stereocenters. The lowest BCUT2D eigenvalue weighted by Gasteiger charge is -2.20. The average molecular weight is 418 g/mol. The maximum atomic E-state index is 12.6. The molecule has 0 radical (unpaired) electrons. The summed E-state index contributed by atoms with van der Waals surface area (Å²) < 4.78 is 57.9. The van der Waals surface area contributed by atoms with E-state index < -0.39 is 22.3 Å². The topological polar surface area (TPSA) is 107 Å². The third-order valence-electron chi connectivity index (χ3n) is 3.72. The minimum Gasteiger partial charge on any atom is -0.414 e. The van der Waals surface area contributed by atoms with Gasteiger partial charge in [-0.05, 0) is 13.8 Å². The van der Waals surface area contributed by atoms with E-state index in [1.807, 2.05) is 0 Å². The SMILES string of the molecule is CCS(=O)(=O)N(Cc1ncc(-c2nnc(C(F)F)o2)s1)c1cn(C)c(C)n1. The Labute approximate surface area is 157 Å². The number of halogens is 2. The summed E-state index contributed by atoms with van der Waals surface area (Å²) in [6.45, 7) is 3.25. The van der Waals surface area contributed by atoms with Gasteiger partial charge in [-0.15, -0.1) is 21.5 Å². The van der Waals surface area contributed by atoms with Gasteiger partial charge in [0.15, 0.2) is 5.82 Å². The van der Waals surface area contributed by atoms with E-state index >= 15 is 0 Å². The number of aromatic nitrogens is 5. The molecule has 3 aromatic heterocycles. The van der Waals surface area contributed by atoms with Gasteiger partial charge in [0.05, 0.1) is 18.5 Å². The molecule has 0 saturated heterocycles. The van der Waals surface area contributed by atoms with Crippen molar-refractivity contribution >= 4 is 27.2 Å². The van der Waals surface area contributed by atoms with Gasteiger partial charge in [-0.3, -0.25) is 0 Å². The molecule has 0 spiro atoms. The molecule has 0 N–H and O–H groups in total. The second-order valence-corrected chi connectivity index (χ2v) is 8.83. The second-order valence-electron chi connectivity index (χ2n) is 5.53. The van der Waals surface area contributed by atoms with E-state index in [4.69, 9.17) is 4.42 Å². The Morgan fingerprint density at radius 1 is 1.37 bits per heavy atom. The first-order valence-electron chi connectivity index (χ1n) is 7.78. The van der Waals surface area contributed by atoms with E-state index in [1.165, 1.54) is 17.4 Å². The average Bonchev–Trinajstić information content (AvgIpc) is 3.33. The van der Waals surface area contributed by atoms with Gasteiger partial charge in [0.25, 0.3) is 11.8 Å². The summed E-state index contributed by atoms with van der Waals surface area (Å²) in [5, 5.41) is 7.26. The van der Waals surface area contributed by atoms with Gasteiger partial charge < -0.3 is 8.98 Å². The largest absolute Gasteiger partial charge is 0.414 e. The summed E-state index contributed by atoms with van der Waals surface area (Å²) in [6.07, 6.45) is 0.129. The molecule has 3 aromatic rings. The molecule has 9 nitrogen and oxygen atoms in total. The smallest absolute Gasteiger partial charge is 0.314 e. The first kappa shape index (κ1) is 19.4. The van der Waals surface area contributed by atoms with Crippen molar-refractivity contribution in [2.75, 3.05) is 10.1 Å². The summed E-state index contributed by atoms with van der Waals surface area (Å²) in [4.78, 5) is 8.79. The van der Waals surface area contributed by atoms with E-state index in [-0.39, 0.29) is 24.0 Å². The molecule has 146 valence electrons. The van der Waals surface area contributed by atoms with Crippen LogP contribution in [0, 0.1) is 6.92 Å². The number of hydrogen-bond donors (Lipinski definition) is 0. The highest BCUT2D eigenvalue weighted by Gasteiger charge is 2.26. The Kier molecular flexibility index (Phi) is 5.24. The van der Waals surface area contributed by atoms with E-state index in [1.54, 1.807) is 24.7 Å². The minimum absolute atomic E-state index is 0.0485. The van der Waals surface area contributed by atoms with Crippen molar-refractivity contribution < 1.29 is 21.6 Å². The van der Waals surface area contributed by atoms with Gasteiger partial charge in [-0.2, -0.15) is 8.78 Å². The lowest BCUT2D eigenvalue weighted by molar-refractivity contribution is 0.116. The fourth-order valence-corrected chi connectivity index (χ4v) is 4.08. The van der Waals surface area contributed by atoms with Crippen molar-refractivity contribution in [1.29, 1.82) is 0 Å². The van der Waals surface area contributed by atoms with Crippen molar-refractivity contribution in [1.82, 2.24) is 24.7 Å². The molecule has 27 heavy (non-hydrogen) atoms. The lowest BCUT2D eigenvalue weighted by Crippen LogP contribution is -2.32.